The zero-order valence-corrected chi connectivity index (χ0v) is 20.2. The number of nitrogens with one attached hydrogen (secondary N) is 1. The molecule has 9 heteroatoms. The van der Waals surface area contributed by atoms with Crippen molar-refractivity contribution in [2.24, 2.45) is 0 Å². The van der Waals surface area contributed by atoms with Crippen LogP contribution in [0.25, 0.3) is 0 Å². The molecule has 1 aliphatic heterocycles. The van der Waals surface area contributed by atoms with Crippen LogP contribution < -0.4 is 5.32 Å². The highest BCUT2D eigenvalue weighted by molar-refractivity contribution is 8.00. The molecule has 1 heterocycles. The summed E-state index contributed by atoms with van der Waals surface area (Å²) in [5.41, 5.74) is 2.07. The third kappa shape index (κ3) is 5.81. The molecule has 6 nitrogen and oxygen atoms in total. The van der Waals surface area contributed by atoms with E-state index in [4.69, 9.17) is 16.3 Å². The minimum atomic E-state index is -3.65. The Balaban J connectivity index is 1.71. The Kier molecular flexibility index (Phi) is 8.04. The van der Waals surface area contributed by atoms with Crippen molar-refractivity contribution in [3.05, 3.63) is 58.6 Å². The fraction of sp³-hybridized carbons (Fsp3) is 0.409. The summed E-state index contributed by atoms with van der Waals surface area (Å²) in [7, 11) is -3.65. The quantitative estimate of drug-likeness (QED) is 0.629. The fourth-order valence-electron chi connectivity index (χ4n) is 3.37. The maximum atomic E-state index is 13.1. The molecular weight excluding hydrogens is 456 g/mol. The third-order valence-electron chi connectivity index (χ3n) is 5.16. The van der Waals surface area contributed by atoms with E-state index in [-0.39, 0.29) is 21.3 Å². The maximum absolute atomic E-state index is 13.1. The molecule has 0 spiro atoms. The largest absolute Gasteiger partial charge is 0.379 e. The Hall–Kier alpha value is -1.58. The van der Waals surface area contributed by atoms with Crippen molar-refractivity contribution in [2.45, 2.75) is 36.2 Å². The molecule has 0 radical (unpaired) electrons. The number of sulfonamides is 1. The highest BCUT2D eigenvalue weighted by atomic mass is 35.5. The van der Waals surface area contributed by atoms with Gasteiger partial charge in [0, 0.05) is 29.0 Å². The van der Waals surface area contributed by atoms with Gasteiger partial charge in [-0.3, -0.25) is 4.79 Å². The van der Waals surface area contributed by atoms with E-state index in [0.717, 1.165) is 5.56 Å². The average molecular weight is 483 g/mol. The van der Waals surface area contributed by atoms with E-state index in [9.17, 15) is 13.2 Å². The lowest BCUT2D eigenvalue weighted by atomic mass is 10.2. The summed E-state index contributed by atoms with van der Waals surface area (Å²) in [5, 5.41) is 3.21. The molecule has 2 atom stereocenters. The van der Waals surface area contributed by atoms with Crippen molar-refractivity contribution in [3.63, 3.8) is 0 Å². The number of morpholine rings is 1. The van der Waals surface area contributed by atoms with Gasteiger partial charge in [-0.1, -0.05) is 35.9 Å². The first kappa shape index (κ1) is 24.1. The summed E-state index contributed by atoms with van der Waals surface area (Å²) in [6, 6.07) is 12.6. The van der Waals surface area contributed by atoms with E-state index < -0.39 is 10.0 Å². The minimum absolute atomic E-state index is 0.0322. The second-order valence-corrected chi connectivity index (χ2v) is 11.4. The number of aryl methyl sites for hydroxylation is 1. The molecule has 2 aromatic carbocycles. The Morgan fingerprint density at radius 1 is 1.16 bits per heavy atom. The van der Waals surface area contributed by atoms with E-state index in [2.05, 4.69) is 5.32 Å². The van der Waals surface area contributed by atoms with Gasteiger partial charge in [0.05, 0.1) is 23.4 Å². The average Bonchev–Trinajstić information content (AvgIpc) is 2.75. The third-order valence-corrected chi connectivity index (χ3v) is 8.83. The first-order valence-corrected chi connectivity index (χ1v) is 12.9. The number of carbonyl (C=O) groups is 1. The molecule has 1 N–H and O–H groups in total. The molecule has 0 aliphatic carbocycles. The molecule has 2 aromatic rings. The van der Waals surface area contributed by atoms with E-state index in [1.165, 1.54) is 22.1 Å². The van der Waals surface area contributed by atoms with Crippen LogP contribution in [0.2, 0.25) is 5.02 Å². The molecule has 0 bridgehead atoms. The van der Waals surface area contributed by atoms with Gasteiger partial charge >= 0.3 is 0 Å². The second kappa shape index (κ2) is 10.4. The van der Waals surface area contributed by atoms with Crippen LogP contribution in [0.5, 0.6) is 0 Å². The topological polar surface area (TPSA) is 75.7 Å². The maximum Gasteiger partial charge on any atom is 0.243 e. The normalized spacial score (nSPS) is 17.2. The van der Waals surface area contributed by atoms with E-state index in [1.54, 1.807) is 19.1 Å². The number of ether oxygens (including phenoxy) is 1. The number of nitrogens with zero attached hydrogens (tertiary/aromatic N) is 1. The summed E-state index contributed by atoms with van der Waals surface area (Å²) in [4.78, 5) is 13.0. The summed E-state index contributed by atoms with van der Waals surface area (Å²) < 4.78 is 32.8. The molecule has 1 amide bonds. The van der Waals surface area contributed by atoms with Crippen LogP contribution in [-0.2, 0) is 19.6 Å². The Morgan fingerprint density at radius 2 is 1.84 bits per heavy atom. The standard InChI is InChI=1S/C22H27ClN2O4S2/c1-15-8-9-18(14-21(15)31(27,28)25-10-12-29-13-11-25)24-22(26)17(3)30-16(2)19-6-4-5-7-20(19)23/h4-9,14,16-17H,10-13H2,1-3H3,(H,24,26). The molecule has 2 unspecified atom stereocenters. The molecule has 31 heavy (non-hydrogen) atoms. The van der Waals surface area contributed by atoms with E-state index >= 15 is 0 Å². The summed E-state index contributed by atoms with van der Waals surface area (Å²) in [6.07, 6.45) is 0. The van der Waals surface area contributed by atoms with Crippen LogP contribution in [0.1, 0.15) is 30.2 Å². The minimum Gasteiger partial charge on any atom is -0.379 e. The van der Waals surface area contributed by atoms with Crippen molar-refractivity contribution >= 4 is 45.0 Å². The van der Waals surface area contributed by atoms with Crippen LogP contribution in [0.4, 0.5) is 5.69 Å². The fourth-order valence-corrected chi connectivity index (χ4v) is 6.54. The zero-order valence-electron chi connectivity index (χ0n) is 17.8. The van der Waals surface area contributed by atoms with Gasteiger partial charge in [-0.15, -0.1) is 11.8 Å². The molecule has 1 fully saturated rings. The van der Waals surface area contributed by atoms with Gasteiger partial charge in [0.1, 0.15) is 0 Å². The Labute approximate surface area is 193 Å². The smallest absolute Gasteiger partial charge is 0.243 e. The van der Waals surface area contributed by atoms with Gasteiger partial charge in [-0.05, 0) is 50.1 Å². The van der Waals surface area contributed by atoms with Gasteiger partial charge < -0.3 is 10.1 Å². The van der Waals surface area contributed by atoms with Gasteiger partial charge in [-0.2, -0.15) is 4.31 Å². The molecule has 168 valence electrons. The Bertz CT molecular complexity index is 1040. The van der Waals surface area contributed by atoms with Crippen LogP contribution >= 0.6 is 23.4 Å². The number of thioether (sulfide) groups is 1. The highest BCUT2D eigenvalue weighted by Gasteiger charge is 2.28. The van der Waals surface area contributed by atoms with Gasteiger partial charge in [0.25, 0.3) is 0 Å². The molecule has 3 rings (SSSR count). The summed E-state index contributed by atoms with van der Waals surface area (Å²) in [5.74, 6) is -0.192. The lowest BCUT2D eigenvalue weighted by molar-refractivity contribution is -0.115. The summed E-state index contributed by atoms with van der Waals surface area (Å²) >= 11 is 7.76. The number of amides is 1. The number of hydrogen-bond donors (Lipinski definition) is 1. The zero-order chi connectivity index (χ0) is 22.6. The monoisotopic (exact) mass is 482 g/mol. The predicted octanol–water partition coefficient (Wildman–Crippen LogP) is 4.49. The van der Waals surface area contributed by atoms with E-state index in [1.807, 2.05) is 38.1 Å². The second-order valence-electron chi connectivity index (χ2n) is 7.43. The number of rotatable bonds is 7. The van der Waals surface area contributed by atoms with Crippen LogP contribution in [0, 0.1) is 6.92 Å². The van der Waals surface area contributed by atoms with Gasteiger partial charge in [0.2, 0.25) is 15.9 Å². The number of benzene rings is 2. The molecule has 1 saturated heterocycles. The first-order valence-electron chi connectivity index (χ1n) is 10.1. The lowest BCUT2D eigenvalue weighted by Crippen LogP contribution is -2.40. The van der Waals surface area contributed by atoms with Crippen LogP contribution in [-0.4, -0.2) is 50.2 Å². The summed E-state index contributed by atoms with van der Waals surface area (Å²) in [6.45, 7) is 7.00. The first-order chi connectivity index (χ1) is 14.7. The van der Waals surface area contributed by atoms with E-state index in [0.29, 0.717) is 42.6 Å². The number of halogens is 1. The van der Waals surface area contributed by atoms with Gasteiger partial charge in [0.15, 0.2) is 0 Å². The van der Waals surface area contributed by atoms with Crippen molar-refractivity contribution in [2.75, 3.05) is 31.6 Å². The van der Waals surface area contributed by atoms with Crippen molar-refractivity contribution in [3.8, 4) is 0 Å². The molecule has 0 saturated carbocycles. The highest BCUT2D eigenvalue weighted by Crippen LogP contribution is 2.36. The van der Waals surface area contributed by atoms with Gasteiger partial charge in [-0.25, -0.2) is 8.42 Å². The molecule has 1 aliphatic rings. The SMILES string of the molecule is Cc1ccc(NC(=O)C(C)SC(C)c2ccccc2Cl)cc1S(=O)(=O)N1CCOCC1. The van der Waals surface area contributed by atoms with Crippen molar-refractivity contribution < 1.29 is 17.9 Å². The number of carbonyl (C=O) groups excluding carboxylic acids is 1. The predicted molar refractivity (Wildman–Crippen MR) is 126 cm³/mol. The van der Waals surface area contributed by atoms with Crippen LogP contribution in [0.15, 0.2) is 47.4 Å². The Morgan fingerprint density at radius 3 is 2.52 bits per heavy atom. The lowest BCUT2D eigenvalue weighted by Gasteiger charge is -2.27. The van der Waals surface area contributed by atoms with Crippen LogP contribution in [0.3, 0.4) is 0 Å². The van der Waals surface area contributed by atoms with Crippen molar-refractivity contribution in [1.29, 1.82) is 0 Å². The molecular formula is C22H27ClN2O4S2. The van der Waals surface area contributed by atoms with Crippen molar-refractivity contribution in [1.82, 2.24) is 4.31 Å². The number of hydrogen-bond acceptors (Lipinski definition) is 5. The molecule has 0 aromatic heterocycles. The number of anilines is 1.